The molecule has 108 valence electrons. The van der Waals surface area contributed by atoms with Crippen LogP contribution in [0.25, 0.3) is 0 Å². The highest BCUT2D eigenvalue weighted by Gasteiger charge is 1.99. The van der Waals surface area contributed by atoms with Gasteiger partial charge in [-0.25, -0.2) is 4.99 Å². The van der Waals surface area contributed by atoms with Gasteiger partial charge in [0.15, 0.2) is 11.8 Å². The maximum Gasteiger partial charge on any atom is 0.189 e. The van der Waals surface area contributed by atoms with Crippen molar-refractivity contribution in [3.05, 3.63) is 12.2 Å². The molecule has 0 spiro atoms. The van der Waals surface area contributed by atoms with Gasteiger partial charge in [0.1, 0.15) is 12.9 Å². The van der Waals surface area contributed by atoms with Crippen molar-refractivity contribution in [1.82, 2.24) is 20.1 Å². The monoisotopic (exact) mass is 266 g/mol. The van der Waals surface area contributed by atoms with Gasteiger partial charge in [-0.05, 0) is 6.42 Å². The van der Waals surface area contributed by atoms with Crippen molar-refractivity contribution in [3.8, 4) is 0 Å². The van der Waals surface area contributed by atoms with Gasteiger partial charge >= 0.3 is 0 Å². The molecule has 0 amide bonds. The second kappa shape index (κ2) is 9.35. The Hall–Kier alpha value is -1.59. The van der Waals surface area contributed by atoms with Crippen LogP contribution in [0.5, 0.6) is 0 Å². The van der Waals surface area contributed by atoms with Crippen LogP contribution < -0.4 is 11.1 Å². The molecule has 6 heteroatoms. The molecule has 0 fully saturated rings. The zero-order chi connectivity index (χ0) is 13.9. The van der Waals surface area contributed by atoms with Crippen molar-refractivity contribution in [1.29, 1.82) is 0 Å². The summed E-state index contributed by atoms with van der Waals surface area (Å²) in [5.41, 5.74) is 5.78. The van der Waals surface area contributed by atoms with Crippen molar-refractivity contribution in [2.75, 3.05) is 6.54 Å². The van der Waals surface area contributed by atoms with Crippen molar-refractivity contribution < 1.29 is 0 Å². The second-order valence-electron chi connectivity index (χ2n) is 4.75. The van der Waals surface area contributed by atoms with Crippen LogP contribution in [0.1, 0.15) is 51.3 Å². The Kier molecular flexibility index (Phi) is 7.62. The van der Waals surface area contributed by atoms with Crippen molar-refractivity contribution >= 4 is 5.96 Å². The predicted octanol–water partition coefficient (Wildman–Crippen LogP) is 1.58. The minimum atomic E-state index is 0.464. The van der Waals surface area contributed by atoms with Gasteiger partial charge in [0.2, 0.25) is 0 Å². The molecule has 1 aromatic rings. The lowest BCUT2D eigenvalue weighted by molar-refractivity contribution is 0.601. The van der Waals surface area contributed by atoms with Crippen molar-refractivity contribution in [3.63, 3.8) is 0 Å². The summed E-state index contributed by atoms with van der Waals surface area (Å²) in [6, 6.07) is 0. The van der Waals surface area contributed by atoms with Crippen molar-refractivity contribution in [2.24, 2.45) is 17.8 Å². The van der Waals surface area contributed by atoms with Gasteiger partial charge in [0.25, 0.3) is 0 Å². The van der Waals surface area contributed by atoms with Crippen LogP contribution >= 0.6 is 0 Å². The summed E-state index contributed by atoms with van der Waals surface area (Å²) in [6.45, 7) is 3.59. The third-order valence-corrected chi connectivity index (χ3v) is 3.03. The number of rotatable bonds is 9. The quantitative estimate of drug-likeness (QED) is 0.404. The molecule has 0 aliphatic rings. The number of aliphatic imine (C=N–C) groups is 1. The summed E-state index contributed by atoms with van der Waals surface area (Å²) < 4.78 is 1.84. The van der Waals surface area contributed by atoms with Crippen LogP contribution in [0.2, 0.25) is 0 Å². The molecule has 6 nitrogen and oxygen atoms in total. The fourth-order valence-corrected chi connectivity index (χ4v) is 1.78. The molecular weight excluding hydrogens is 240 g/mol. The van der Waals surface area contributed by atoms with Crippen LogP contribution in [0.4, 0.5) is 0 Å². The third-order valence-electron chi connectivity index (χ3n) is 3.03. The van der Waals surface area contributed by atoms with Gasteiger partial charge in [-0.1, -0.05) is 39.0 Å². The first-order valence-electron chi connectivity index (χ1n) is 7.10. The molecular formula is C13H26N6. The lowest BCUT2D eigenvalue weighted by Gasteiger charge is -2.05. The van der Waals surface area contributed by atoms with E-state index in [0.29, 0.717) is 12.5 Å². The van der Waals surface area contributed by atoms with E-state index >= 15 is 0 Å². The van der Waals surface area contributed by atoms with E-state index in [1.54, 1.807) is 6.33 Å². The first-order valence-corrected chi connectivity index (χ1v) is 7.10. The van der Waals surface area contributed by atoms with E-state index in [0.717, 1.165) is 18.8 Å². The fraction of sp³-hybridized carbons (Fsp3) is 0.769. The maximum absolute atomic E-state index is 5.78. The van der Waals surface area contributed by atoms with E-state index in [9.17, 15) is 0 Å². The molecule has 0 bridgehead atoms. The van der Waals surface area contributed by atoms with E-state index in [4.69, 9.17) is 5.73 Å². The number of guanidine groups is 1. The van der Waals surface area contributed by atoms with Gasteiger partial charge in [-0.15, -0.1) is 10.2 Å². The van der Waals surface area contributed by atoms with Crippen LogP contribution in [-0.4, -0.2) is 27.3 Å². The van der Waals surface area contributed by atoms with E-state index in [1.807, 2.05) is 11.6 Å². The molecule has 0 atom stereocenters. The van der Waals surface area contributed by atoms with Crippen molar-refractivity contribution in [2.45, 2.75) is 52.0 Å². The number of unbranched alkanes of at least 4 members (excludes halogenated alkanes) is 5. The molecule has 0 unspecified atom stereocenters. The summed E-state index contributed by atoms with van der Waals surface area (Å²) in [4.78, 5) is 4.23. The van der Waals surface area contributed by atoms with Crippen LogP contribution in [0, 0.1) is 0 Å². The highest BCUT2D eigenvalue weighted by Crippen LogP contribution is 2.03. The second-order valence-corrected chi connectivity index (χ2v) is 4.75. The Labute approximate surface area is 115 Å². The van der Waals surface area contributed by atoms with Gasteiger partial charge < -0.3 is 15.6 Å². The topological polar surface area (TPSA) is 81.1 Å². The molecule has 1 aromatic heterocycles. The Balaban J connectivity index is 2.07. The van der Waals surface area contributed by atoms with Gasteiger partial charge in [0, 0.05) is 13.6 Å². The standard InChI is InChI=1S/C13H26N6/c1-3-4-5-6-7-8-9-15-13(14)16-10-12-18-17-11-19(12)2/h11H,3-10H2,1-2H3,(H3,14,15,16). The molecule has 19 heavy (non-hydrogen) atoms. The van der Waals surface area contributed by atoms with Crippen LogP contribution in [-0.2, 0) is 13.6 Å². The molecule has 0 aromatic carbocycles. The Morgan fingerprint density at radius 3 is 2.74 bits per heavy atom. The fourth-order valence-electron chi connectivity index (χ4n) is 1.78. The Morgan fingerprint density at radius 2 is 2.05 bits per heavy atom. The van der Waals surface area contributed by atoms with E-state index in [2.05, 4.69) is 27.4 Å². The maximum atomic E-state index is 5.78. The van der Waals surface area contributed by atoms with Gasteiger partial charge in [-0.3, -0.25) is 0 Å². The largest absolute Gasteiger partial charge is 0.370 e. The van der Waals surface area contributed by atoms with E-state index in [-0.39, 0.29) is 0 Å². The first-order chi connectivity index (χ1) is 9.24. The minimum absolute atomic E-state index is 0.464. The zero-order valence-electron chi connectivity index (χ0n) is 12.1. The van der Waals surface area contributed by atoms with E-state index < -0.39 is 0 Å². The third kappa shape index (κ3) is 6.79. The highest BCUT2D eigenvalue weighted by molar-refractivity contribution is 5.77. The SMILES string of the molecule is CCCCCCCCNC(N)=NCc1nncn1C. The zero-order valence-corrected chi connectivity index (χ0v) is 12.1. The molecule has 0 aliphatic carbocycles. The number of hydrogen-bond donors (Lipinski definition) is 2. The number of aryl methyl sites for hydroxylation is 1. The molecule has 1 rings (SSSR count). The number of nitrogens with two attached hydrogens (primary N) is 1. The molecule has 0 aliphatic heterocycles. The summed E-state index contributed by atoms with van der Waals surface area (Å²) >= 11 is 0. The number of nitrogens with zero attached hydrogens (tertiary/aromatic N) is 4. The normalized spacial score (nSPS) is 11.8. The molecule has 1 heterocycles. The van der Waals surface area contributed by atoms with E-state index in [1.165, 1.54) is 32.1 Å². The number of nitrogens with one attached hydrogen (secondary N) is 1. The van der Waals surface area contributed by atoms with Gasteiger partial charge in [0.05, 0.1) is 0 Å². The lowest BCUT2D eigenvalue weighted by atomic mass is 10.1. The van der Waals surface area contributed by atoms with Crippen LogP contribution in [0.3, 0.4) is 0 Å². The summed E-state index contributed by atoms with van der Waals surface area (Å²) in [5, 5.41) is 10.9. The summed E-state index contributed by atoms with van der Waals surface area (Å²) in [6.07, 6.45) is 9.34. The van der Waals surface area contributed by atoms with Gasteiger partial charge in [-0.2, -0.15) is 0 Å². The minimum Gasteiger partial charge on any atom is -0.370 e. The summed E-state index contributed by atoms with van der Waals surface area (Å²) in [5.74, 6) is 1.29. The highest BCUT2D eigenvalue weighted by atomic mass is 15.3. The lowest BCUT2D eigenvalue weighted by Crippen LogP contribution is -2.32. The predicted molar refractivity (Wildman–Crippen MR) is 77.7 cm³/mol. The Bertz CT molecular complexity index is 371. The summed E-state index contributed by atoms with van der Waals surface area (Å²) in [7, 11) is 1.89. The van der Waals surface area contributed by atoms with Crippen LogP contribution in [0.15, 0.2) is 11.3 Å². The number of aromatic nitrogens is 3. The Morgan fingerprint density at radius 1 is 1.32 bits per heavy atom. The molecule has 0 radical (unpaired) electrons. The first kappa shape index (κ1) is 15.5. The number of hydrogen-bond acceptors (Lipinski definition) is 3. The smallest absolute Gasteiger partial charge is 0.189 e. The molecule has 0 saturated heterocycles. The molecule has 3 N–H and O–H groups in total. The average molecular weight is 266 g/mol. The molecule has 0 saturated carbocycles. The average Bonchev–Trinajstić information content (AvgIpc) is 2.81.